The van der Waals surface area contributed by atoms with E-state index < -0.39 is 29.1 Å². The number of aromatic nitrogens is 1. The molecule has 4 rings (SSSR count). The molecule has 0 radical (unpaired) electrons. The predicted octanol–water partition coefficient (Wildman–Crippen LogP) is 3.55. The molecule has 2 aromatic carbocycles. The molecule has 194 valence electrons. The Labute approximate surface area is 220 Å². The lowest BCUT2D eigenvalue weighted by Crippen LogP contribution is -2.47. The average molecular weight is 551 g/mol. The maximum absolute atomic E-state index is 13.9. The van der Waals surface area contributed by atoms with Crippen LogP contribution >= 0.6 is 23.2 Å². The molecule has 1 amide bonds. The van der Waals surface area contributed by atoms with Gasteiger partial charge in [-0.15, -0.1) is 0 Å². The maximum Gasteiger partial charge on any atom is 0.257 e. The van der Waals surface area contributed by atoms with E-state index in [1.807, 2.05) is 11.1 Å². The molecule has 1 aromatic heterocycles. The normalized spacial score (nSPS) is 15.4. The minimum Gasteiger partial charge on any atom is -0.491 e. The van der Waals surface area contributed by atoms with Gasteiger partial charge in [-0.1, -0.05) is 23.2 Å². The number of aliphatic hydroxyl groups excluding tert-OH is 1. The first-order chi connectivity index (χ1) is 17.7. The summed E-state index contributed by atoms with van der Waals surface area (Å²) in [5.41, 5.74) is -0.868. The van der Waals surface area contributed by atoms with Gasteiger partial charge in [0, 0.05) is 37.9 Å². The van der Waals surface area contributed by atoms with E-state index in [2.05, 4.69) is 5.32 Å². The zero-order valence-electron chi connectivity index (χ0n) is 19.4. The van der Waals surface area contributed by atoms with Crippen LogP contribution in [-0.4, -0.2) is 58.9 Å². The van der Waals surface area contributed by atoms with Crippen molar-refractivity contribution < 1.29 is 23.4 Å². The Morgan fingerprint density at radius 2 is 1.89 bits per heavy atom. The molecule has 2 N–H and O–H groups in total. The molecule has 1 atom stereocenters. The largest absolute Gasteiger partial charge is 0.491 e. The Morgan fingerprint density at radius 3 is 2.57 bits per heavy atom. The molecule has 1 fully saturated rings. The Balaban J connectivity index is 1.32. The highest BCUT2D eigenvalue weighted by Crippen LogP contribution is 2.22. The third-order valence-electron chi connectivity index (χ3n) is 6.12. The summed E-state index contributed by atoms with van der Waals surface area (Å²) in [6.45, 7) is 1.43. The van der Waals surface area contributed by atoms with Gasteiger partial charge >= 0.3 is 0 Å². The molecule has 37 heavy (non-hydrogen) atoms. The van der Waals surface area contributed by atoms with Gasteiger partial charge in [0.15, 0.2) is 6.19 Å². The summed E-state index contributed by atoms with van der Waals surface area (Å²) in [5, 5.41) is 22.2. The highest BCUT2D eigenvalue weighted by molar-refractivity contribution is 6.31. The van der Waals surface area contributed by atoms with Gasteiger partial charge in [-0.25, -0.2) is 8.78 Å². The van der Waals surface area contributed by atoms with Crippen LogP contribution in [0, 0.1) is 23.1 Å². The third-order valence-corrected chi connectivity index (χ3v) is 6.72. The van der Waals surface area contributed by atoms with E-state index in [0.29, 0.717) is 32.5 Å². The number of amides is 1. The summed E-state index contributed by atoms with van der Waals surface area (Å²) in [5.74, 6) is -1.83. The van der Waals surface area contributed by atoms with Gasteiger partial charge in [-0.05, 0) is 37.1 Å². The van der Waals surface area contributed by atoms with Crippen molar-refractivity contribution in [3.63, 3.8) is 0 Å². The van der Waals surface area contributed by atoms with Gasteiger partial charge < -0.3 is 20.1 Å². The Hall–Kier alpha value is -3.23. The molecule has 12 heteroatoms. The smallest absolute Gasteiger partial charge is 0.257 e. The SMILES string of the molecule is N#Cn1cc(C(=O)NC2CCN(C[C@@H](O)COc3ccc(Cl)c(F)c3)CC2)c(=O)c2cc(F)c(Cl)cc21. The number of aliphatic hydroxyl groups is 1. The number of fused-ring (bicyclic) bond motifs is 1. The first-order valence-electron chi connectivity index (χ1n) is 11.4. The fraction of sp³-hybridized carbons (Fsp3) is 0.320. The van der Waals surface area contributed by atoms with E-state index in [9.17, 15) is 28.7 Å². The van der Waals surface area contributed by atoms with Gasteiger partial charge in [0.05, 0.1) is 20.9 Å². The van der Waals surface area contributed by atoms with E-state index in [0.717, 1.165) is 22.9 Å². The number of carbonyl (C=O) groups is 1. The maximum atomic E-state index is 13.9. The van der Waals surface area contributed by atoms with Crippen LogP contribution in [0.25, 0.3) is 10.9 Å². The number of pyridine rings is 1. The van der Waals surface area contributed by atoms with Crippen LogP contribution in [0.15, 0.2) is 41.3 Å². The average Bonchev–Trinajstić information content (AvgIpc) is 2.87. The minimum absolute atomic E-state index is 0.0157. The highest BCUT2D eigenvalue weighted by atomic mass is 35.5. The lowest BCUT2D eigenvalue weighted by Gasteiger charge is -2.33. The lowest BCUT2D eigenvalue weighted by molar-refractivity contribution is 0.0567. The van der Waals surface area contributed by atoms with Gasteiger partial charge in [-0.3, -0.25) is 14.2 Å². The Kier molecular flexibility index (Phi) is 8.29. The quantitative estimate of drug-likeness (QED) is 0.465. The molecule has 1 aliphatic heterocycles. The number of nitrogens with zero attached hydrogens (tertiary/aromatic N) is 3. The van der Waals surface area contributed by atoms with E-state index in [-0.39, 0.29) is 44.9 Å². The number of nitriles is 1. The van der Waals surface area contributed by atoms with Crippen molar-refractivity contribution in [2.24, 2.45) is 0 Å². The van der Waals surface area contributed by atoms with Crippen LogP contribution in [0.1, 0.15) is 23.2 Å². The number of hydrogen-bond donors (Lipinski definition) is 2. The predicted molar refractivity (Wildman–Crippen MR) is 134 cm³/mol. The van der Waals surface area contributed by atoms with Crippen LogP contribution < -0.4 is 15.5 Å². The summed E-state index contributed by atoms with van der Waals surface area (Å²) in [4.78, 5) is 27.7. The molecule has 0 bridgehead atoms. The Morgan fingerprint density at radius 1 is 1.19 bits per heavy atom. The van der Waals surface area contributed by atoms with Crippen molar-refractivity contribution in [3.05, 3.63) is 74.0 Å². The van der Waals surface area contributed by atoms with E-state index >= 15 is 0 Å². The zero-order valence-corrected chi connectivity index (χ0v) is 20.9. The van der Waals surface area contributed by atoms with Gasteiger partial charge in [0.25, 0.3) is 5.91 Å². The number of rotatable bonds is 7. The second kappa shape index (κ2) is 11.4. The third kappa shape index (κ3) is 6.19. The van der Waals surface area contributed by atoms with Gasteiger partial charge in [0.2, 0.25) is 5.43 Å². The number of piperidine rings is 1. The molecule has 8 nitrogen and oxygen atoms in total. The van der Waals surface area contributed by atoms with Crippen LogP contribution in [0.3, 0.4) is 0 Å². The van der Waals surface area contributed by atoms with Crippen molar-refractivity contribution in [1.29, 1.82) is 5.26 Å². The second-order valence-corrected chi connectivity index (χ2v) is 9.53. The molecule has 2 heterocycles. The number of benzene rings is 2. The van der Waals surface area contributed by atoms with Crippen LogP contribution in [0.2, 0.25) is 10.0 Å². The van der Waals surface area contributed by atoms with Crippen molar-refractivity contribution >= 4 is 40.0 Å². The van der Waals surface area contributed by atoms with Crippen molar-refractivity contribution in [2.45, 2.75) is 25.0 Å². The monoisotopic (exact) mass is 550 g/mol. The van der Waals surface area contributed by atoms with Gasteiger partial charge in [0.1, 0.15) is 35.7 Å². The number of nitrogens with one attached hydrogen (secondary N) is 1. The number of β-amino-alcohol motifs (C(OH)–C–C–N with tert-alkyl or cyclic N) is 1. The summed E-state index contributed by atoms with van der Waals surface area (Å²) in [6.07, 6.45) is 3.27. The van der Waals surface area contributed by atoms with Crippen LogP contribution in [0.5, 0.6) is 5.75 Å². The first kappa shape index (κ1) is 26.8. The molecule has 0 spiro atoms. The number of ether oxygens (including phenoxy) is 1. The van der Waals surface area contributed by atoms with E-state index in [1.165, 1.54) is 18.2 Å². The minimum atomic E-state index is -0.825. The fourth-order valence-electron chi connectivity index (χ4n) is 4.20. The highest BCUT2D eigenvalue weighted by Gasteiger charge is 2.25. The van der Waals surface area contributed by atoms with Crippen molar-refractivity contribution in [3.8, 4) is 11.9 Å². The molecule has 1 saturated heterocycles. The lowest BCUT2D eigenvalue weighted by atomic mass is 10.0. The second-order valence-electron chi connectivity index (χ2n) is 8.71. The van der Waals surface area contributed by atoms with Crippen molar-refractivity contribution in [1.82, 2.24) is 14.8 Å². The molecule has 0 aliphatic carbocycles. The first-order valence-corrected chi connectivity index (χ1v) is 12.2. The molecule has 3 aromatic rings. The zero-order chi connectivity index (χ0) is 26.7. The van der Waals surface area contributed by atoms with Crippen molar-refractivity contribution in [2.75, 3.05) is 26.2 Å². The summed E-state index contributed by atoms with van der Waals surface area (Å²) >= 11 is 11.4. The number of likely N-dealkylation sites (tertiary alicyclic amines) is 1. The summed E-state index contributed by atoms with van der Waals surface area (Å²) in [6, 6.07) is 5.89. The topological polar surface area (TPSA) is 108 Å². The van der Waals surface area contributed by atoms with Gasteiger partial charge in [-0.2, -0.15) is 5.26 Å². The molecular weight excluding hydrogens is 529 g/mol. The molecule has 1 aliphatic rings. The van der Waals surface area contributed by atoms with E-state index in [1.54, 1.807) is 0 Å². The molecular formula is C25H22Cl2F2N4O4. The molecule has 0 saturated carbocycles. The fourth-order valence-corrected chi connectivity index (χ4v) is 4.47. The summed E-state index contributed by atoms with van der Waals surface area (Å²) in [7, 11) is 0. The number of hydrogen-bond acceptors (Lipinski definition) is 6. The Bertz CT molecular complexity index is 1430. The summed E-state index contributed by atoms with van der Waals surface area (Å²) < 4.78 is 33.9. The number of carbonyl (C=O) groups excluding carboxylic acids is 1. The number of halogens is 4. The molecule has 0 unspecified atom stereocenters. The van der Waals surface area contributed by atoms with Crippen LogP contribution in [0.4, 0.5) is 8.78 Å². The van der Waals surface area contributed by atoms with Crippen LogP contribution in [-0.2, 0) is 0 Å². The standard InChI is InChI=1S/C25H22Cl2F2N4O4/c26-19-2-1-16(7-21(19)28)37-12-15(34)10-32-5-3-14(4-6-32)31-25(36)18-11-33(13-30)23-9-20(27)22(29)8-17(23)24(18)35/h1-2,7-9,11,14-15,34H,3-6,10,12H2,(H,31,36)/t15-/m1/s1. The van der Waals surface area contributed by atoms with E-state index in [4.69, 9.17) is 27.9 Å².